The lowest BCUT2D eigenvalue weighted by molar-refractivity contribution is -0.132. The Morgan fingerprint density at radius 3 is 2.53 bits per heavy atom. The molecule has 0 aromatic heterocycles. The molecule has 2 amide bonds. The third-order valence-electron chi connectivity index (χ3n) is 5.14. The molecule has 3 rings (SSSR count). The molecule has 12 heteroatoms. The molecule has 2 aliphatic rings. The summed E-state index contributed by atoms with van der Waals surface area (Å²) in [6.07, 6.45) is -1.59. The van der Waals surface area contributed by atoms with Gasteiger partial charge < -0.3 is 20.5 Å². The molecule has 1 aliphatic heterocycles. The molecule has 1 heterocycles. The highest BCUT2D eigenvalue weighted by atomic mass is 79.9. The van der Waals surface area contributed by atoms with Crippen molar-refractivity contribution in [1.29, 1.82) is 0 Å². The van der Waals surface area contributed by atoms with Crippen LogP contribution in [0, 0.1) is 17.6 Å². The lowest BCUT2D eigenvalue weighted by Gasteiger charge is -2.19. The quantitative estimate of drug-likeness (QED) is 0.445. The predicted molar refractivity (Wildman–Crippen MR) is 121 cm³/mol. The number of alkyl halides is 2. The summed E-state index contributed by atoms with van der Waals surface area (Å²) in [7, 11) is 0. The number of ether oxygens (including phenoxy) is 1. The highest BCUT2D eigenvalue weighted by Crippen LogP contribution is 2.32. The van der Waals surface area contributed by atoms with E-state index in [0.717, 1.165) is 27.1 Å². The fourth-order valence-electron chi connectivity index (χ4n) is 3.36. The number of benzene rings is 1. The van der Waals surface area contributed by atoms with E-state index in [9.17, 15) is 32.3 Å². The van der Waals surface area contributed by atoms with E-state index in [4.69, 9.17) is 4.74 Å². The van der Waals surface area contributed by atoms with Crippen molar-refractivity contribution in [3.8, 4) is 0 Å². The van der Waals surface area contributed by atoms with Crippen molar-refractivity contribution in [2.24, 2.45) is 5.92 Å². The van der Waals surface area contributed by atoms with Gasteiger partial charge in [0.2, 0.25) is 0 Å². The maximum Gasteiger partial charge on any atom is 0.414 e. The molecule has 0 radical (unpaired) electrons. The maximum absolute atomic E-state index is 14.9. The number of cyclic esters (lactones) is 1. The highest BCUT2D eigenvalue weighted by molar-refractivity contribution is 9.11. The van der Waals surface area contributed by atoms with Gasteiger partial charge in [-0.05, 0) is 29.7 Å². The predicted octanol–water partition coefficient (Wildman–Crippen LogP) is 4.20. The van der Waals surface area contributed by atoms with Gasteiger partial charge in [0.1, 0.15) is 17.9 Å². The first-order valence-corrected chi connectivity index (χ1v) is 11.0. The number of carbonyl (C=O) groups is 2. The number of halogens is 5. The first kappa shape index (κ1) is 25.8. The van der Waals surface area contributed by atoms with E-state index in [1.54, 1.807) is 12.2 Å². The second kappa shape index (κ2) is 10.6. The van der Waals surface area contributed by atoms with Crippen molar-refractivity contribution in [1.82, 2.24) is 5.32 Å². The molecule has 1 saturated heterocycles. The highest BCUT2D eigenvalue weighted by Gasteiger charge is 2.34. The summed E-state index contributed by atoms with van der Waals surface area (Å²) >= 11 is 3.41. The first-order valence-electron chi connectivity index (χ1n) is 10.3. The number of nitrogens with one attached hydrogen (secondary N) is 2. The number of allylic oxidation sites excluding steroid dienone is 4. The minimum absolute atomic E-state index is 0.0535. The van der Waals surface area contributed by atoms with E-state index >= 15 is 0 Å². The maximum atomic E-state index is 14.9. The van der Waals surface area contributed by atoms with Crippen LogP contribution in [0.3, 0.4) is 0 Å². The van der Waals surface area contributed by atoms with Gasteiger partial charge >= 0.3 is 12.5 Å². The molecular formula is C22H22BrF4N3O4. The van der Waals surface area contributed by atoms with Crippen molar-refractivity contribution < 1.29 is 37.0 Å². The summed E-state index contributed by atoms with van der Waals surface area (Å²) in [6.45, 7) is 3.26. The Balaban J connectivity index is 1.79. The van der Waals surface area contributed by atoms with Gasteiger partial charge in [0.05, 0.1) is 18.8 Å². The van der Waals surface area contributed by atoms with Gasteiger partial charge in [-0.15, -0.1) is 0 Å². The van der Waals surface area contributed by atoms with Crippen LogP contribution in [0.2, 0.25) is 0 Å². The van der Waals surface area contributed by atoms with Gasteiger partial charge in [-0.1, -0.05) is 29.8 Å². The molecule has 0 saturated carbocycles. The molecule has 1 aliphatic carbocycles. The Morgan fingerprint density at radius 1 is 1.29 bits per heavy atom. The van der Waals surface area contributed by atoms with Gasteiger partial charge in [-0.3, -0.25) is 9.69 Å². The third-order valence-corrected chi connectivity index (χ3v) is 5.86. The topological polar surface area (TPSA) is 90.9 Å². The van der Waals surface area contributed by atoms with Crippen molar-refractivity contribution in [3.05, 3.63) is 57.7 Å². The summed E-state index contributed by atoms with van der Waals surface area (Å²) in [5, 5.41) is 14.9. The van der Waals surface area contributed by atoms with Crippen LogP contribution in [-0.2, 0) is 9.53 Å². The average Bonchev–Trinajstić information content (AvgIpc) is 3.07. The number of hydrogen-bond acceptors (Lipinski definition) is 5. The van der Waals surface area contributed by atoms with Gasteiger partial charge in [0.25, 0.3) is 5.91 Å². The lowest BCUT2D eigenvalue weighted by atomic mass is 10.0. The molecule has 0 spiro atoms. The van der Waals surface area contributed by atoms with Crippen LogP contribution < -0.4 is 15.5 Å². The van der Waals surface area contributed by atoms with E-state index in [0.29, 0.717) is 0 Å². The van der Waals surface area contributed by atoms with Crippen LogP contribution in [0.1, 0.15) is 13.8 Å². The fraction of sp³-hybridized carbons (Fsp3) is 0.364. The van der Waals surface area contributed by atoms with Crippen molar-refractivity contribution >= 4 is 39.3 Å². The number of hydrogen-bond donors (Lipinski definition) is 3. The number of carbonyl (C=O) groups excluding carboxylic acids is 2. The number of aliphatic hydroxyl groups excluding tert-OH is 1. The summed E-state index contributed by atoms with van der Waals surface area (Å²) < 4.78 is 60.0. The zero-order valence-electron chi connectivity index (χ0n) is 18.1. The van der Waals surface area contributed by atoms with E-state index in [2.05, 4.69) is 21.2 Å². The van der Waals surface area contributed by atoms with Crippen LogP contribution in [0.25, 0.3) is 0 Å². The monoisotopic (exact) mass is 547 g/mol. The Morgan fingerprint density at radius 2 is 1.94 bits per heavy atom. The minimum Gasteiger partial charge on any atom is -0.442 e. The number of rotatable bonds is 7. The zero-order chi connectivity index (χ0) is 25.2. The Bertz CT molecular complexity index is 1050. The third kappa shape index (κ3) is 5.79. The molecule has 1 aromatic carbocycles. The molecular weight excluding hydrogens is 526 g/mol. The average molecular weight is 548 g/mol. The van der Waals surface area contributed by atoms with Crippen LogP contribution in [0.15, 0.2) is 46.1 Å². The molecule has 1 unspecified atom stereocenters. The molecule has 7 nitrogen and oxygen atoms in total. The van der Waals surface area contributed by atoms with Crippen LogP contribution in [-0.4, -0.2) is 48.8 Å². The van der Waals surface area contributed by atoms with Crippen LogP contribution in [0.4, 0.5) is 33.7 Å². The van der Waals surface area contributed by atoms with Crippen molar-refractivity contribution in [3.63, 3.8) is 0 Å². The Kier molecular flexibility index (Phi) is 8.03. The van der Waals surface area contributed by atoms with E-state index in [1.165, 1.54) is 6.08 Å². The van der Waals surface area contributed by atoms with Gasteiger partial charge in [-0.2, -0.15) is 8.78 Å². The smallest absolute Gasteiger partial charge is 0.414 e. The first-order chi connectivity index (χ1) is 16.0. The molecule has 184 valence electrons. The summed E-state index contributed by atoms with van der Waals surface area (Å²) in [6, 6.07) is 1.81. The molecule has 34 heavy (non-hydrogen) atoms. The number of aliphatic hydroxyl groups is 1. The Hall–Kier alpha value is -2.86. The van der Waals surface area contributed by atoms with E-state index in [1.807, 2.05) is 19.2 Å². The van der Waals surface area contributed by atoms with Crippen LogP contribution in [0.5, 0.6) is 0 Å². The second-order valence-corrected chi connectivity index (χ2v) is 8.79. The molecule has 3 N–H and O–H groups in total. The number of anilines is 2. The summed E-state index contributed by atoms with van der Waals surface area (Å²) in [5.74, 6) is -3.53. The van der Waals surface area contributed by atoms with Crippen molar-refractivity contribution in [2.45, 2.75) is 32.5 Å². The molecule has 1 aromatic rings. The summed E-state index contributed by atoms with van der Waals surface area (Å²) in [5.41, 5.74) is 0.263. The molecule has 0 bridgehead atoms. The molecule has 2 atom stereocenters. The normalized spacial score (nSPS) is 20.6. The standard InChI is InChI=1S/C22H22BrF4N3O4/c1-10(2)13-7-17(18(31)4-3-14(13)23)29-19-15(24)5-11(6-16(19)25)30-9-12(34-22(30)33)8-28-21(32)20(26)27/h3-7,10,12,18,20,29,31H,8-9H2,1-2H3,(H,28,32)/t12-,18?/m0/s1. The Labute approximate surface area is 201 Å². The fourth-order valence-corrected chi connectivity index (χ4v) is 4.08. The number of nitrogens with zero attached hydrogens (tertiary/aromatic N) is 1. The number of amides is 2. The van der Waals surface area contributed by atoms with Gasteiger partial charge in [0.15, 0.2) is 11.6 Å². The largest absolute Gasteiger partial charge is 0.442 e. The van der Waals surface area contributed by atoms with Crippen molar-refractivity contribution in [2.75, 3.05) is 23.3 Å². The zero-order valence-corrected chi connectivity index (χ0v) is 19.7. The van der Waals surface area contributed by atoms with E-state index in [-0.39, 0.29) is 30.4 Å². The van der Waals surface area contributed by atoms with E-state index < -0.39 is 48.0 Å². The summed E-state index contributed by atoms with van der Waals surface area (Å²) in [4.78, 5) is 24.0. The van der Waals surface area contributed by atoms with Gasteiger partial charge in [0, 0.05) is 22.3 Å². The molecule has 1 fully saturated rings. The SMILES string of the molecule is CC(C)C1=C(Br)C=CC(O)C(Nc2c(F)cc(N3C[C@H](CNC(=O)C(F)F)OC3=O)cc2F)=C1. The minimum atomic E-state index is -3.22. The van der Waals surface area contributed by atoms with Gasteiger partial charge in [-0.25, -0.2) is 13.6 Å². The second-order valence-electron chi connectivity index (χ2n) is 7.93. The lowest BCUT2D eigenvalue weighted by Crippen LogP contribution is -2.37. The van der Waals surface area contributed by atoms with Crippen LogP contribution >= 0.6 is 15.9 Å².